The molecule has 1 aromatic heterocycles. The molecule has 0 aliphatic heterocycles. The fourth-order valence-corrected chi connectivity index (χ4v) is 3.97. The number of aromatic nitrogens is 2. The van der Waals surface area contributed by atoms with Crippen LogP contribution in [-0.4, -0.2) is 36.7 Å². The molecule has 0 unspecified atom stereocenters. The Labute approximate surface area is 208 Å². The molecule has 35 heavy (non-hydrogen) atoms. The van der Waals surface area contributed by atoms with Crippen molar-refractivity contribution in [2.75, 3.05) is 0 Å². The van der Waals surface area contributed by atoms with Crippen LogP contribution in [-0.2, 0) is 11.3 Å². The molecule has 0 fully saturated rings. The van der Waals surface area contributed by atoms with E-state index in [1.807, 2.05) is 0 Å². The number of nitrogens with one attached hydrogen (secondary N) is 2. The van der Waals surface area contributed by atoms with Crippen LogP contribution >= 0.6 is 23.3 Å². The first-order valence-electron chi connectivity index (χ1n) is 10.1. The molecule has 4 aromatic rings. The van der Waals surface area contributed by atoms with E-state index in [1.54, 1.807) is 30.3 Å². The second kappa shape index (κ2) is 10.3. The zero-order valence-electron chi connectivity index (χ0n) is 17.9. The predicted molar refractivity (Wildman–Crippen MR) is 131 cm³/mol. The second-order valence-electron chi connectivity index (χ2n) is 7.38. The number of aromatic hydroxyl groups is 1. The number of aliphatic carboxylic acids is 1. The van der Waals surface area contributed by atoms with E-state index >= 15 is 0 Å². The van der Waals surface area contributed by atoms with Crippen LogP contribution in [0.2, 0.25) is 5.02 Å². The molecule has 3 aromatic carbocycles. The number of carboxylic acid groups (broad SMARTS) is 1. The molecule has 0 aliphatic carbocycles. The zero-order valence-corrected chi connectivity index (χ0v) is 19.4. The highest BCUT2D eigenvalue weighted by molar-refractivity contribution is 7.00. The third-order valence-electron chi connectivity index (χ3n) is 4.91. The lowest BCUT2D eigenvalue weighted by Crippen LogP contribution is -2.28. The molecule has 0 saturated carbocycles. The van der Waals surface area contributed by atoms with Gasteiger partial charge in [-0.15, -0.1) is 0 Å². The fraction of sp³-hybridized carbons (Fsp3) is 0.0417. The minimum absolute atomic E-state index is 0.00232. The van der Waals surface area contributed by atoms with Crippen molar-refractivity contribution in [2.45, 2.75) is 6.54 Å². The van der Waals surface area contributed by atoms with Gasteiger partial charge in [-0.1, -0.05) is 29.8 Å². The van der Waals surface area contributed by atoms with Gasteiger partial charge >= 0.3 is 5.97 Å². The average molecular weight is 509 g/mol. The molecular formula is C24H17ClN4O5S. The molecule has 9 nitrogen and oxygen atoms in total. The predicted octanol–water partition coefficient (Wildman–Crippen LogP) is 3.84. The van der Waals surface area contributed by atoms with Crippen LogP contribution in [0.25, 0.3) is 17.1 Å². The van der Waals surface area contributed by atoms with Crippen LogP contribution in [0, 0.1) is 0 Å². The van der Waals surface area contributed by atoms with Gasteiger partial charge in [0.05, 0.1) is 22.3 Å². The number of hydrogen-bond acceptors (Lipinski definition) is 7. The number of fused-ring (bicyclic) bond motifs is 1. The van der Waals surface area contributed by atoms with Gasteiger partial charge in [0.1, 0.15) is 22.5 Å². The summed E-state index contributed by atoms with van der Waals surface area (Å²) in [5, 5.41) is 24.1. The van der Waals surface area contributed by atoms with E-state index in [4.69, 9.17) is 11.6 Å². The van der Waals surface area contributed by atoms with E-state index in [2.05, 4.69) is 19.4 Å². The first-order valence-corrected chi connectivity index (χ1v) is 11.3. The summed E-state index contributed by atoms with van der Waals surface area (Å²) in [5.74, 6) is -2.42. The molecule has 11 heteroatoms. The van der Waals surface area contributed by atoms with Gasteiger partial charge in [0.15, 0.2) is 0 Å². The van der Waals surface area contributed by atoms with Gasteiger partial charge in [0.2, 0.25) is 0 Å². The topological polar surface area (TPSA) is 142 Å². The number of hydrogen-bond donors (Lipinski definition) is 4. The highest BCUT2D eigenvalue weighted by Gasteiger charge is 2.18. The van der Waals surface area contributed by atoms with Crippen molar-refractivity contribution in [1.29, 1.82) is 0 Å². The molecule has 176 valence electrons. The van der Waals surface area contributed by atoms with Gasteiger partial charge in [-0.3, -0.25) is 9.59 Å². The first kappa shape index (κ1) is 23.9. The van der Waals surface area contributed by atoms with Gasteiger partial charge in [-0.25, -0.2) is 4.79 Å². The Morgan fingerprint density at radius 3 is 2.51 bits per heavy atom. The summed E-state index contributed by atoms with van der Waals surface area (Å²) in [7, 11) is 0. The summed E-state index contributed by atoms with van der Waals surface area (Å²) in [4.78, 5) is 36.9. The maximum atomic E-state index is 12.7. The third kappa shape index (κ3) is 5.81. The number of carboxylic acids is 1. The number of carbonyl (C=O) groups excluding carboxylic acids is 2. The van der Waals surface area contributed by atoms with Crippen molar-refractivity contribution in [3.8, 4) is 5.75 Å². The Balaban J connectivity index is 1.47. The normalized spacial score (nSPS) is 11.3. The number of benzene rings is 3. The van der Waals surface area contributed by atoms with Crippen molar-refractivity contribution in [2.24, 2.45) is 0 Å². The lowest BCUT2D eigenvalue weighted by atomic mass is 10.1. The van der Waals surface area contributed by atoms with Crippen LogP contribution in [0.5, 0.6) is 5.75 Å². The van der Waals surface area contributed by atoms with Gasteiger partial charge < -0.3 is 20.8 Å². The maximum Gasteiger partial charge on any atom is 0.352 e. The summed E-state index contributed by atoms with van der Waals surface area (Å²) in [6, 6.07) is 15.6. The van der Waals surface area contributed by atoms with Crippen molar-refractivity contribution in [3.05, 3.63) is 93.6 Å². The van der Waals surface area contributed by atoms with Crippen molar-refractivity contribution in [3.63, 3.8) is 0 Å². The molecule has 0 aliphatic rings. The maximum absolute atomic E-state index is 12.7. The Bertz CT molecular complexity index is 1480. The smallest absolute Gasteiger partial charge is 0.352 e. The quantitative estimate of drug-likeness (QED) is 0.278. The SMILES string of the molecule is O=C(O)/C(=C/c1ccc2nsnc2c1)NC(=O)c1ccc(C(=O)NCc2cccc(O)c2)cc1Cl. The number of phenolic OH excluding ortho intramolecular Hbond substituents is 1. The van der Waals surface area contributed by atoms with E-state index in [0.29, 0.717) is 22.2 Å². The lowest BCUT2D eigenvalue weighted by Gasteiger charge is -2.10. The van der Waals surface area contributed by atoms with Gasteiger partial charge in [-0.2, -0.15) is 8.75 Å². The number of rotatable bonds is 7. The second-order valence-corrected chi connectivity index (χ2v) is 8.31. The molecule has 2 amide bonds. The Kier molecular flexibility index (Phi) is 7.04. The van der Waals surface area contributed by atoms with Gasteiger partial charge in [0, 0.05) is 12.1 Å². The first-order chi connectivity index (χ1) is 16.8. The molecule has 0 atom stereocenters. The summed E-state index contributed by atoms with van der Waals surface area (Å²) >= 11 is 7.27. The fourth-order valence-electron chi connectivity index (χ4n) is 3.19. The molecule has 1 heterocycles. The minimum Gasteiger partial charge on any atom is -0.508 e. The number of phenols is 1. The lowest BCUT2D eigenvalue weighted by molar-refractivity contribution is -0.132. The average Bonchev–Trinajstić information content (AvgIpc) is 3.30. The largest absolute Gasteiger partial charge is 0.508 e. The van der Waals surface area contributed by atoms with Crippen molar-refractivity contribution < 1.29 is 24.6 Å². The van der Waals surface area contributed by atoms with E-state index in [1.165, 1.54) is 36.4 Å². The summed E-state index contributed by atoms with van der Waals surface area (Å²) < 4.78 is 8.21. The molecule has 0 radical (unpaired) electrons. The summed E-state index contributed by atoms with van der Waals surface area (Å²) in [5.41, 5.74) is 2.38. The standard InChI is InChI=1S/C24H17ClN4O5S/c25-18-11-15(22(31)26-12-14-2-1-3-16(30)8-14)5-6-17(18)23(32)27-21(24(33)34)10-13-4-7-19-20(9-13)29-35-28-19/h1-11,30H,12H2,(H,26,31)(H,27,32)(H,33,34)/b21-10-. The highest BCUT2D eigenvalue weighted by atomic mass is 35.5. The van der Waals surface area contributed by atoms with Crippen LogP contribution in [0.1, 0.15) is 31.8 Å². The van der Waals surface area contributed by atoms with Crippen LogP contribution in [0.4, 0.5) is 0 Å². The van der Waals surface area contributed by atoms with Crippen LogP contribution in [0.3, 0.4) is 0 Å². The zero-order chi connectivity index (χ0) is 24.9. The molecule has 4 N–H and O–H groups in total. The van der Waals surface area contributed by atoms with E-state index in [-0.39, 0.29) is 34.1 Å². The molecule has 0 saturated heterocycles. The molecule has 4 rings (SSSR count). The summed E-state index contributed by atoms with van der Waals surface area (Å²) in [6.07, 6.45) is 1.30. The minimum atomic E-state index is -1.34. The van der Waals surface area contributed by atoms with Crippen molar-refractivity contribution in [1.82, 2.24) is 19.4 Å². The van der Waals surface area contributed by atoms with Gasteiger partial charge in [-0.05, 0) is 59.7 Å². The number of halogens is 1. The van der Waals surface area contributed by atoms with Crippen LogP contribution < -0.4 is 10.6 Å². The van der Waals surface area contributed by atoms with E-state index in [0.717, 1.165) is 11.7 Å². The highest BCUT2D eigenvalue weighted by Crippen LogP contribution is 2.20. The van der Waals surface area contributed by atoms with Gasteiger partial charge in [0.25, 0.3) is 11.8 Å². The molecule has 0 bridgehead atoms. The van der Waals surface area contributed by atoms with Crippen LogP contribution in [0.15, 0.2) is 66.4 Å². The van der Waals surface area contributed by atoms with E-state index < -0.39 is 17.8 Å². The molecular weight excluding hydrogens is 492 g/mol. The number of nitrogens with zero attached hydrogens (tertiary/aromatic N) is 2. The third-order valence-corrected chi connectivity index (χ3v) is 5.78. The number of carbonyl (C=O) groups is 3. The summed E-state index contributed by atoms with van der Waals surface area (Å²) in [6.45, 7) is 0.183. The Morgan fingerprint density at radius 1 is 0.971 bits per heavy atom. The Hall–Kier alpha value is -4.28. The molecule has 0 spiro atoms. The monoisotopic (exact) mass is 508 g/mol. The van der Waals surface area contributed by atoms with Crippen molar-refractivity contribution >= 4 is 58.2 Å². The Morgan fingerprint density at radius 2 is 1.77 bits per heavy atom. The number of amides is 2. The van der Waals surface area contributed by atoms with E-state index in [9.17, 15) is 24.6 Å².